The van der Waals surface area contributed by atoms with E-state index >= 15 is 0 Å². The van der Waals surface area contributed by atoms with Crippen LogP contribution in [0.15, 0.2) is 41.8 Å². The summed E-state index contributed by atoms with van der Waals surface area (Å²) < 4.78 is 5.49. The Kier molecular flexibility index (Phi) is 6.06. The highest BCUT2D eigenvalue weighted by Gasteiger charge is 2.22. The molecule has 0 radical (unpaired) electrons. The molecule has 2 N–H and O–H groups in total. The fraction of sp³-hybridized carbons (Fsp3) is 0.240. The van der Waals surface area contributed by atoms with Crippen LogP contribution < -0.4 is 10.1 Å². The van der Waals surface area contributed by atoms with Crippen LogP contribution in [0.2, 0.25) is 0 Å². The number of benzene rings is 2. The number of anilines is 1. The zero-order chi connectivity index (χ0) is 23.5. The number of rotatable bonds is 5. The number of thiazole rings is 1. The van der Waals surface area contributed by atoms with Crippen LogP contribution in [0.25, 0.3) is 11.4 Å². The molecule has 8 nitrogen and oxygen atoms in total. The van der Waals surface area contributed by atoms with Crippen LogP contribution in [-0.2, 0) is 0 Å². The van der Waals surface area contributed by atoms with Gasteiger partial charge in [0.1, 0.15) is 5.75 Å². The third-order valence-corrected chi connectivity index (χ3v) is 6.61. The van der Waals surface area contributed by atoms with Gasteiger partial charge < -0.3 is 10.1 Å². The topological polar surface area (TPSA) is 106 Å². The second-order valence-electron chi connectivity index (χ2n) is 8.10. The lowest BCUT2D eigenvalue weighted by molar-refractivity contribution is 0.102. The Hall–Kier alpha value is -4.03. The first-order chi connectivity index (χ1) is 16.6. The number of nitrogens with zero attached hydrogens (tertiary/aromatic N) is 4. The number of amides is 1. The van der Waals surface area contributed by atoms with Crippen molar-refractivity contribution in [3.63, 3.8) is 0 Å². The second-order valence-corrected chi connectivity index (χ2v) is 8.95. The predicted octanol–water partition coefficient (Wildman–Crippen LogP) is 4.56. The number of hydrogen-bond donors (Lipinski definition) is 2. The second kappa shape index (κ2) is 9.45. The fourth-order valence-corrected chi connectivity index (χ4v) is 4.59. The van der Waals surface area contributed by atoms with Crippen LogP contribution in [0.4, 0.5) is 5.69 Å². The number of aromatic nitrogens is 5. The summed E-state index contributed by atoms with van der Waals surface area (Å²) in [5, 5.41) is 19.9. The van der Waals surface area contributed by atoms with E-state index in [1.54, 1.807) is 17.4 Å². The molecule has 170 valence electrons. The Balaban J connectivity index is 1.34. The number of methoxy groups -OCH3 is 1. The van der Waals surface area contributed by atoms with Gasteiger partial charge in [0.05, 0.1) is 18.4 Å². The maximum atomic E-state index is 13.1. The van der Waals surface area contributed by atoms with Crippen LogP contribution >= 0.6 is 11.3 Å². The summed E-state index contributed by atoms with van der Waals surface area (Å²) in [6.07, 6.45) is 3.74. The van der Waals surface area contributed by atoms with Crippen LogP contribution in [0.5, 0.6) is 5.75 Å². The fourth-order valence-electron chi connectivity index (χ4n) is 3.85. The van der Waals surface area contributed by atoms with E-state index in [0.29, 0.717) is 34.3 Å². The average molecular weight is 471 g/mol. The lowest BCUT2D eigenvalue weighted by atomic mass is 9.83. The number of carbonyl (C=O) groups excluding carboxylic acids is 1. The molecule has 0 atom stereocenters. The van der Waals surface area contributed by atoms with Gasteiger partial charge in [0.15, 0.2) is 5.01 Å². The van der Waals surface area contributed by atoms with E-state index in [9.17, 15) is 4.79 Å². The Morgan fingerprint density at radius 1 is 1.24 bits per heavy atom. The zero-order valence-corrected chi connectivity index (χ0v) is 19.6. The summed E-state index contributed by atoms with van der Waals surface area (Å²) in [5.41, 5.74) is 4.50. The summed E-state index contributed by atoms with van der Waals surface area (Å²) in [7, 11) is 1.52. The van der Waals surface area contributed by atoms with Gasteiger partial charge in [0.2, 0.25) is 5.82 Å². The minimum atomic E-state index is -0.274. The molecular formula is C25H22N6O2S. The molecular weight excluding hydrogens is 448 g/mol. The average Bonchev–Trinajstić information content (AvgIpc) is 3.49. The molecule has 0 unspecified atom stereocenters. The van der Waals surface area contributed by atoms with Crippen LogP contribution in [-0.4, -0.2) is 38.6 Å². The van der Waals surface area contributed by atoms with E-state index in [4.69, 9.17) is 4.74 Å². The van der Waals surface area contributed by atoms with Gasteiger partial charge in [-0.2, -0.15) is 5.21 Å². The van der Waals surface area contributed by atoms with Gasteiger partial charge in [-0.05, 0) is 66.8 Å². The number of aryl methyl sites for hydroxylation is 1. The molecule has 5 rings (SSSR count). The lowest BCUT2D eigenvalue weighted by Crippen LogP contribution is -2.15. The van der Waals surface area contributed by atoms with Gasteiger partial charge in [0.25, 0.3) is 5.91 Å². The molecule has 1 saturated carbocycles. The highest BCUT2D eigenvalue weighted by atomic mass is 32.1. The number of ether oxygens (including phenoxy) is 1. The van der Waals surface area contributed by atoms with Gasteiger partial charge >= 0.3 is 0 Å². The minimum absolute atomic E-state index is 0.274. The maximum absolute atomic E-state index is 13.1. The summed E-state index contributed by atoms with van der Waals surface area (Å²) in [6.45, 7) is 1.84. The maximum Gasteiger partial charge on any atom is 0.259 e. The molecule has 1 amide bonds. The van der Waals surface area contributed by atoms with Crippen LogP contribution in [0.3, 0.4) is 0 Å². The third kappa shape index (κ3) is 4.54. The number of tetrazole rings is 1. The van der Waals surface area contributed by atoms with E-state index in [0.717, 1.165) is 21.8 Å². The molecule has 9 heteroatoms. The van der Waals surface area contributed by atoms with E-state index in [2.05, 4.69) is 48.1 Å². The molecule has 0 spiro atoms. The predicted molar refractivity (Wildman–Crippen MR) is 130 cm³/mol. The smallest absolute Gasteiger partial charge is 0.259 e. The third-order valence-electron chi connectivity index (χ3n) is 5.83. The monoisotopic (exact) mass is 470 g/mol. The lowest BCUT2D eigenvalue weighted by Gasteiger charge is -2.22. The molecule has 2 heterocycles. The van der Waals surface area contributed by atoms with E-state index in [1.807, 2.05) is 37.3 Å². The Morgan fingerprint density at radius 3 is 2.85 bits per heavy atom. The molecule has 0 bridgehead atoms. The quantitative estimate of drug-likeness (QED) is 0.414. The summed E-state index contributed by atoms with van der Waals surface area (Å²) in [5.74, 6) is 7.50. The summed E-state index contributed by atoms with van der Waals surface area (Å²) in [4.78, 5) is 17.8. The summed E-state index contributed by atoms with van der Waals surface area (Å²) in [6, 6.07) is 11.0. The molecule has 34 heavy (non-hydrogen) atoms. The van der Waals surface area contributed by atoms with E-state index in [-0.39, 0.29) is 5.91 Å². The van der Waals surface area contributed by atoms with Gasteiger partial charge in [-0.15, -0.1) is 21.5 Å². The SMILES string of the molecule is COc1cc(-c2nn[nH]n2)cc(C)c1C(=O)Nc1cccc(C#Cc2nc(C3CCC3)cs2)c1. The van der Waals surface area contributed by atoms with Gasteiger partial charge in [-0.3, -0.25) is 4.79 Å². The first kappa shape index (κ1) is 21.8. The number of aromatic amines is 1. The van der Waals surface area contributed by atoms with Crippen molar-refractivity contribution in [2.45, 2.75) is 32.1 Å². The molecule has 1 aliphatic carbocycles. The van der Waals surface area contributed by atoms with Crippen molar-refractivity contribution in [3.8, 4) is 29.0 Å². The molecule has 1 aliphatic rings. The molecule has 1 fully saturated rings. The van der Waals surface area contributed by atoms with Crippen LogP contribution in [0, 0.1) is 18.8 Å². The number of nitrogens with one attached hydrogen (secondary N) is 2. The summed E-state index contributed by atoms with van der Waals surface area (Å²) >= 11 is 1.58. The van der Waals surface area contributed by atoms with Gasteiger partial charge in [0, 0.05) is 28.1 Å². The van der Waals surface area contributed by atoms with Gasteiger partial charge in [-0.1, -0.05) is 18.4 Å². The highest BCUT2D eigenvalue weighted by Crippen LogP contribution is 2.36. The van der Waals surface area contributed by atoms with Crippen LogP contribution in [0.1, 0.15) is 57.4 Å². The van der Waals surface area contributed by atoms with E-state index < -0.39 is 0 Å². The molecule has 0 saturated heterocycles. The largest absolute Gasteiger partial charge is 0.496 e. The standard InChI is InChI=1S/C25H22N6O2S/c1-15-11-18(24-28-30-31-29-24)13-21(33-2)23(15)25(32)26-19-8-3-5-16(12-19)9-10-22-27-20(14-34-22)17-6-4-7-17/h3,5,8,11-14,17H,4,6-7H2,1-2H3,(H,26,32)(H,28,29,30,31). The first-order valence-electron chi connectivity index (χ1n) is 10.9. The number of H-pyrrole nitrogens is 1. The van der Waals surface area contributed by atoms with Crippen molar-refractivity contribution in [2.75, 3.05) is 12.4 Å². The van der Waals surface area contributed by atoms with Crippen molar-refractivity contribution in [1.82, 2.24) is 25.6 Å². The van der Waals surface area contributed by atoms with Crippen molar-refractivity contribution in [2.24, 2.45) is 0 Å². The Labute approximate surface area is 200 Å². The number of carbonyl (C=O) groups is 1. The van der Waals surface area contributed by atoms with Crippen molar-refractivity contribution in [1.29, 1.82) is 0 Å². The van der Waals surface area contributed by atoms with Crippen molar-refractivity contribution < 1.29 is 9.53 Å². The Morgan fingerprint density at radius 2 is 2.12 bits per heavy atom. The van der Waals surface area contributed by atoms with Crippen molar-refractivity contribution >= 4 is 22.9 Å². The Bertz CT molecular complexity index is 1400. The van der Waals surface area contributed by atoms with Gasteiger partial charge in [-0.25, -0.2) is 4.98 Å². The number of hydrogen-bond acceptors (Lipinski definition) is 7. The minimum Gasteiger partial charge on any atom is -0.496 e. The normalized spacial score (nSPS) is 13.0. The van der Waals surface area contributed by atoms with E-state index in [1.165, 1.54) is 26.4 Å². The molecule has 2 aromatic heterocycles. The zero-order valence-electron chi connectivity index (χ0n) is 18.8. The van der Waals surface area contributed by atoms with Crippen molar-refractivity contribution in [3.05, 3.63) is 69.2 Å². The first-order valence-corrected chi connectivity index (χ1v) is 11.8. The molecule has 2 aromatic carbocycles. The molecule has 0 aliphatic heterocycles. The molecule has 4 aromatic rings. The highest BCUT2D eigenvalue weighted by molar-refractivity contribution is 7.10.